The van der Waals surface area contributed by atoms with E-state index in [0.29, 0.717) is 0 Å². The van der Waals surface area contributed by atoms with Gasteiger partial charge in [-0.3, -0.25) is 0 Å². The SMILES string of the molecule is CCc1cc(CCC(CO)CO)ccc1-c1ccc(C2CCCCC2)cc1. The number of hydrogen-bond acceptors (Lipinski definition) is 2. The van der Waals surface area contributed by atoms with Crippen molar-refractivity contribution in [1.82, 2.24) is 0 Å². The fraction of sp³-hybridized carbons (Fsp3) is 0.520. The van der Waals surface area contributed by atoms with Crippen molar-refractivity contribution < 1.29 is 10.2 Å². The van der Waals surface area contributed by atoms with E-state index >= 15 is 0 Å². The van der Waals surface area contributed by atoms with Gasteiger partial charge in [0.05, 0.1) is 0 Å². The number of hydrogen-bond donors (Lipinski definition) is 2. The molecule has 0 radical (unpaired) electrons. The highest BCUT2D eigenvalue weighted by Gasteiger charge is 2.15. The number of aliphatic hydroxyl groups is 2. The summed E-state index contributed by atoms with van der Waals surface area (Å²) in [7, 11) is 0. The predicted octanol–water partition coefficient (Wildman–Crippen LogP) is 5.50. The van der Waals surface area contributed by atoms with Crippen LogP contribution in [0.3, 0.4) is 0 Å². The fourth-order valence-corrected chi connectivity index (χ4v) is 4.36. The van der Waals surface area contributed by atoms with Crippen LogP contribution in [0.2, 0.25) is 0 Å². The van der Waals surface area contributed by atoms with Crippen LogP contribution in [0.15, 0.2) is 42.5 Å². The maximum Gasteiger partial charge on any atom is 0.0481 e. The van der Waals surface area contributed by atoms with Crippen LogP contribution in [-0.2, 0) is 12.8 Å². The Morgan fingerprint density at radius 1 is 0.926 bits per heavy atom. The number of rotatable bonds is 8. The highest BCUT2D eigenvalue weighted by atomic mass is 16.3. The van der Waals surface area contributed by atoms with Crippen molar-refractivity contribution in [3.8, 4) is 11.1 Å². The van der Waals surface area contributed by atoms with Gasteiger partial charge in [-0.15, -0.1) is 0 Å². The lowest BCUT2D eigenvalue weighted by molar-refractivity contribution is 0.144. The summed E-state index contributed by atoms with van der Waals surface area (Å²) < 4.78 is 0. The molecule has 2 heteroatoms. The molecule has 2 N–H and O–H groups in total. The smallest absolute Gasteiger partial charge is 0.0481 e. The number of benzene rings is 2. The van der Waals surface area contributed by atoms with Crippen LogP contribution in [0.5, 0.6) is 0 Å². The second-order valence-corrected chi connectivity index (χ2v) is 8.07. The van der Waals surface area contributed by atoms with Gasteiger partial charge in [-0.2, -0.15) is 0 Å². The summed E-state index contributed by atoms with van der Waals surface area (Å²) in [6, 6.07) is 16.0. The first-order chi connectivity index (χ1) is 13.2. The van der Waals surface area contributed by atoms with Gasteiger partial charge in [-0.05, 0) is 65.8 Å². The average Bonchev–Trinajstić information content (AvgIpc) is 2.75. The minimum atomic E-state index is -0.0120. The van der Waals surface area contributed by atoms with Gasteiger partial charge in [-0.1, -0.05) is 68.7 Å². The summed E-state index contributed by atoms with van der Waals surface area (Å²) in [4.78, 5) is 0. The zero-order valence-corrected chi connectivity index (χ0v) is 16.7. The van der Waals surface area contributed by atoms with Crippen molar-refractivity contribution in [1.29, 1.82) is 0 Å². The zero-order chi connectivity index (χ0) is 19.1. The number of aryl methyl sites for hydroxylation is 2. The molecule has 2 aromatic carbocycles. The molecule has 0 spiro atoms. The van der Waals surface area contributed by atoms with E-state index < -0.39 is 0 Å². The van der Waals surface area contributed by atoms with E-state index in [4.69, 9.17) is 0 Å². The van der Waals surface area contributed by atoms with E-state index in [-0.39, 0.29) is 19.1 Å². The molecule has 0 saturated heterocycles. The third-order valence-electron chi connectivity index (χ3n) is 6.21. The molecular weight excluding hydrogens is 332 g/mol. The Kier molecular flexibility index (Phi) is 7.49. The van der Waals surface area contributed by atoms with Gasteiger partial charge in [-0.25, -0.2) is 0 Å². The van der Waals surface area contributed by atoms with Crippen molar-refractivity contribution in [3.05, 3.63) is 59.2 Å². The highest BCUT2D eigenvalue weighted by molar-refractivity contribution is 5.68. The van der Waals surface area contributed by atoms with E-state index in [1.165, 1.54) is 59.9 Å². The van der Waals surface area contributed by atoms with Gasteiger partial charge in [0.15, 0.2) is 0 Å². The van der Waals surface area contributed by atoms with Crippen molar-refractivity contribution in [2.24, 2.45) is 5.92 Å². The Hall–Kier alpha value is -1.64. The lowest BCUT2D eigenvalue weighted by Gasteiger charge is -2.22. The molecule has 1 aliphatic rings. The van der Waals surface area contributed by atoms with Gasteiger partial charge in [0.1, 0.15) is 0 Å². The molecule has 27 heavy (non-hydrogen) atoms. The molecule has 0 heterocycles. The molecule has 2 aromatic rings. The monoisotopic (exact) mass is 366 g/mol. The highest BCUT2D eigenvalue weighted by Crippen LogP contribution is 2.34. The lowest BCUT2D eigenvalue weighted by atomic mass is 9.83. The normalized spacial score (nSPS) is 15.4. The maximum atomic E-state index is 9.25. The predicted molar refractivity (Wildman–Crippen MR) is 113 cm³/mol. The molecule has 3 rings (SSSR count). The second-order valence-electron chi connectivity index (χ2n) is 8.07. The summed E-state index contributed by atoms with van der Waals surface area (Å²) >= 11 is 0. The number of aliphatic hydroxyl groups excluding tert-OH is 2. The summed E-state index contributed by atoms with van der Waals surface area (Å²) in [6.45, 7) is 2.33. The van der Waals surface area contributed by atoms with Crippen molar-refractivity contribution in [2.75, 3.05) is 13.2 Å². The molecule has 1 saturated carbocycles. The van der Waals surface area contributed by atoms with E-state index in [0.717, 1.165) is 25.2 Å². The van der Waals surface area contributed by atoms with Crippen LogP contribution < -0.4 is 0 Å². The van der Waals surface area contributed by atoms with Crippen LogP contribution in [0.1, 0.15) is 68.1 Å². The van der Waals surface area contributed by atoms with Crippen LogP contribution in [0.25, 0.3) is 11.1 Å². The van der Waals surface area contributed by atoms with Crippen LogP contribution in [0.4, 0.5) is 0 Å². The van der Waals surface area contributed by atoms with Crippen LogP contribution in [-0.4, -0.2) is 23.4 Å². The molecule has 1 fully saturated rings. The fourth-order valence-electron chi connectivity index (χ4n) is 4.36. The third kappa shape index (κ3) is 5.21. The molecule has 0 bridgehead atoms. The van der Waals surface area contributed by atoms with Crippen LogP contribution >= 0.6 is 0 Å². The summed E-state index contributed by atoms with van der Waals surface area (Å²) in [5.74, 6) is 0.744. The molecule has 0 aromatic heterocycles. The van der Waals surface area contributed by atoms with E-state index in [2.05, 4.69) is 49.4 Å². The largest absolute Gasteiger partial charge is 0.396 e. The third-order valence-corrected chi connectivity index (χ3v) is 6.21. The Balaban J connectivity index is 1.73. The van der Waals surface area contributed by atoms with Gasteiger partial charge in [0.25, 0.3) is 0 Å². The molecule has 0 aliphatic heterocycles. The Bertz CT molecular complexity index is 695. The van der Waals surface area contributed by atoms with Crippen molar-refractivity contribution in [3.63, 3.8) is 0 Å². The van der Waals surface area contributed by atoms with Crippen molar-refractivity contribution in [2.45, 2.75) is 64.2 Å². The summed E-state index contributed by atoms with van der Waals surface area (Å²) in [5.41, 5.74) is 6.81. The topological polar surface area (TPSA) is 40.5 Å². The van der Waals surface area contributed by atoms with E-state index in [1.54, 1.807) is 0 Å². The Labute approximate surface area is 164 Å². The molecular formula is C25H34O2. The van der Waals surface area contributed by atoms with Crippen LogP contribution in [0, 0.1) is 5.92 Å². The maximum absolute atomic E-state index is 9.25. The standard InChI is InChI=1S/C25H34O2/c1-2-21-16-19(8-9-20(17-26)18-27)10-15-25(21)24-13-11-23(12-14-24)22-6-4-3-5-7-22/h10-16,20,22,26-27H,2-9,17-18H2,1H3. The zero-order valence-electron chi connectivity index (χ0n) is 16.7. The molecule has 2 nitrogen and oxygen atoms in total. The van der Waals surface area contributed by atoms with E-state index in [1.807, 2.05) is 0 Å². The van der Waals surface area contributed by atoms with Crippen molar-refractivity contribution >= 4 is 0 Å². The summed E-state index contributed by atoms with van der Waals surface area (Å²) in [5, 5.41) is 18.5. The van der Waals surface area contributed by atoms with E-state index in [9.17, 15) is 10.2 Å². The molecule has 0 amide bonds. The molecule has 0 unspecified atom stereocenters. The quantitative estimate of drug-likeness (QED) is 0.648. The first-order valence-electron chi connectivity index (χ1n) is 10.7. The minimum absolute atomic E-state index is 0.0120. The summed E-state index contributed by atoms with van der Waals surface area (Å²) in [6.07, 6.45) is 9.58. The minimum Gasteiger partial charge on any atom is -0.396 e. The van der Waals surface area contributed by atoms with Gasteiger partial charge in [0, 0.05) is 19.1 Å². The molecule has 1 aliphatic carbocycles. The Morgan fingerprint density at radius 2 is 1.63 bits per heavy atom. The first-order valence-corrected chi connectivity index (χ1v) is 10.7. The van der Waals surface area contributed by atoms with Gasteiger partial charge >= 0.3 is 0 Å². The Morgan fingerprint density at radius 3 is 2.26 bits per heavy atom. The van der Waals surface area contributed by atoms with Gasteiger partial charge < -0.3 is 10.2 Å². The molecule has 0 atom stereocenters. The van der Waals surface area contributed by atoms with Gasteiger partial charge in [0.2, 0.25) is 0 Å². The first kappa shape index (κ1) is 20.1. The average molecular weight is 367 g/mol. The molecule has 146 valence electrons. The second kappa shape index (κ2) is 10.1. The lowest BCUT2D eigenvalue weighted by Crippen LogP contribution is -2.12.